The van der Waals surface area contributed by atoms with Crippen LogP contribution in [0.1, 0.15) is 32.6 Å². The smallest absolute Gasteiger partial charge is 0.258 e. The minimum absolute atomic E-state index is 0.0459. The average Bonchev–Trinajstić information content (AvgIpc) is 3.22. The molecule has 1 aromatic carbocycles. The number of fused-ring (bicyclic) bond motifs is 1. The summed E-state index contributed by atoms with van der Waals surface area (Å²) >= 11 is 0. The van der Waals surface area contributed by atoms with Crippen LogP contribution in [0.15, 0.2) is 24.3 Å². The molecule has 0 bridgehead atoms. The fraction of sp³-hybridized carbons (Fsp3) is 0.550. The molecule has 3 heterocycles. The van der Waals surface area contributed by atoms with E-state index in [1.165, 1.54) is 0 Å². The second-order valence-corrected chi connectivity index (χ2v) is 7.09. The predicted molar refractivity (Wildman–Crippen MR) is 101 cm³/mol. The lowest BCUT2D eigenvalue weighted by Crippen LogP contribution is -2.44. The molecule has 1 atom stereocenters. The monoisotopic (exact) mass is 354 g/mol. The molecule has 1 amide bonds. The minimum atomic E-state index is 0.0459. The van der Waals surface area contributed by atoms with Crippen LogP contribution in [0.25, 0.3) is 11.0 Å². The lowest BCUT2D eigenvalue weighted by molar-refractivity contribution is -0.134. The molecule has 1 aromatic heterocycles. The first-order valence-corrected chi connectivity index (χ1v) is 9.69. The third-order valence-electron chi connectivity index (χ3n) is 5.29. The number of likely N-dealkylation sites (tertiary alicyclic amines) is 1. The lowest BCUT2D eigenvalue weighted by atomic mass is 9.96. The van der Waals surface area contributed by atoms with Crippen molar-refractivity contribution in [2.45, 2.75) is 32.6 Å². The Bertz CT molecular complexity index is 788. The average molecular weight is 354 g/mol. The van der Waals surface area contributed by atoms with Crippen LogP contribution in [0.3, 0.4) is 0 Å². The largest absolute Gasteiger partial charge is 0.475 e. The summed E-state index contributed by atoms with van der Waals surface area (Å²) in [5.74, 6) is 1.69. The molecule has 2 fully saturated rings. The van der Waals surface area contributed by atoms with Gasteiger partial charge in [0.2, 0.25) is 5.91 Å². The Balaban J connectivity index is 1.61. The normalized spacial score (nSPS) is 20.6. The van der Waals surface area contributed by atoms with Crippen molar-refractivity contribution in [3.63, 3.8) is 0 Å². The molecule has 0 N–H and O–H groups in total. The molecular formula is C20H26N4O2. The number of ether oxygens (including phenoxy) is 1. The van der Waals surface area contributed by atoms with Gasteiger partial charge in [0.15, 0.2) is 5.82 Å². The van der Waals surface area contributed by atoms with Gasteiger partial charge in [0.1, 0.15) is 0 Å². The van der Waals surface area contributed by atoms with Crippen molar-refractivity contribution in [2.75, 3.05) is 37.7 Å². The van der Waals surface area contributed by atoms with E-state index in [1.54, 1.807) is 0 Å². The Hall–Kier alpha value is -2.37. The second-order valence-electron chi connectivity index (χ2n) is 7.09. The van der Waals surface area contributed by atoms with Gasteiger partial charge in [-0.3, -0.25) is 4.79 Å². The highest BCUT2D eigenvalue weighted by molar-refractivity contribution is 5.81. The Labute approximate surface area is 154 Å². The number of anilines is 1. The van der Waals surface area contributed by atoms with E-state index in [9.17, 15) is 4.79 Å². The highest BCUT2D eigenvalue weighted by Crippen LogP contribution is 2.31. The zero-order chi connectivity index (χ0) is 17.9. The molecule has 6 heteroatoms. The Kier molecular flexibility index (Phi) is 4.91. The number of nitrogens with zero attached hydrogens (tertiary/aromatic N) is 4. The standard InChI is InChI=1S/C20H26N4O2/c1-2-26-19-18(21-16-9-3-4-10-17(16)22-19)24-13-7-8-15(14-24)20(25)23-11-5-6-12-23/h3-4,9-10,15H,2,5-8,11-14H2,1H3/t15-/m0/s1. The summed E-state index contributed by atoms with van der Waals surface area (Å²) in [6.07, 6.45) is 4.21. The van der Waals surface area contributed by atoms with Crippen molar-refractivity contribution in [3.05, 3.63) is 24.3 Å². The molecule has 2 saturated heterocycles. The van der Waals surface area contributed by atoms with Crippen LogP contribution in [-0.4, -0.2) is 53.6 Å². The zero-order valence-electron chi connectivity index (χ0n) is 15.4. The van der Waals surface area contributed by atoms with Crippen molar-refractivity contribution < 1.29 is 9.53 Å². The summed E-state index contributed by atoms with van der Waals surface area (Å²) in [4.78, 5) is 26.5. The topological polar surface area (TPSA) is 58.6 Å². The molecule has 6 nitrogen and oxygen atoms in total. The summed E-state index contributed by atoms with van der Waals surface area (Å²) in [6, 6.07) is 7.85. The lowest BCUT2D eigenvalue weighted by Gasteiger charge is -2.35. The number of rotatable bonds is 4. The summed E-state index contributed by atoms with van der Waals surface area (Å²) in [6.45, 7) is 5.91. The van der Waals surface area contributed by atoms with Gasteiger partial charge in [-0.1, -0.05) is 12.1 Å². The highest BCUT2D eigenvalue weighted by Gasteiger charge is 2.32. The molecule has 0 radical (unpaired) electrons. The predicted octanol–water partition coefficient (Wildman–Crippen LogP) is 2.87. The molecule has 26 heavy (non-hydrogen) atoms. The van der Waals surface area contributed by atoms with Gasteiger partial charge < -0.3 is 14.5 Å². The van der Waals surface area contributed by atoms with Gasteiger partial charge in [0.25, 0.3) is 5.88 Å². The van der Waals surface area contributed by atoms with Crippen LogP contribution < -0.4 is 9.64 Å². The van der Waals surface area contributed by atoms with Crippen molar-refractivity contribution in [2.24, 2.45) is 5.92 Å². The number of carbonyl (C=O) groups is 1. The van der Waals surface area contributed by atoms with Crippen molar-refractivity contribution >= 4 is 22.8 Å². The Morgan fingerprint density at radius 1 is 1.12 bits per heavy atom. The van der Waals surface area contributed by atoms with Crippen LogP contribution >= 0.6 is 0 Å². The van der Waals surface area contributed by atoms with Crippen molar-refractivity contribution in [3.8, 4) is 5.88 Å². The molecule has 0 spiro atoms. The van der Waals surface area contributed by atoms with Crippen LogP contribution in [0.4, 0.5) is 5.82 Å². The number of amides is 1. The molecule has 0 saturated carbocycles. The van der Waals surface area contributed by atoms with Gasteiger partial charge in [-0.25, -0.2) is 9.97 Å². The van der Waals surface area contributed by atoms with Gasteiger partial charge in [0.05, 0.1) is 23.6 Å². The van der Waals surface area contributed by atoms with E-state index in [1.807, 2.05) is 36.1 Å². The Morgan fingerprint density at radius 3 is 2.58 bits per heavy atom. The summed E-state index contributed by atoms with van der Waals surface area (Å²) < 4.78 is 5.78. The Morgan fingerprint density at radius 2 is 1.85 bits per heavy atom. The molecule has 138 valence electrons. The molecule has 0 aliphatic carbocycles. The van der Waals surface area contributed by atoms with E-state index in [2.05, 4.69) is 9.88 Å². The van der Waals surface area contributed by atoms with Gasteiger partial charge in [-0.15, -0.1) is 0 Å². The third kappa shape index (κ3) is 3.32. The summed E-state index contributed by atoms with van der Waals surface area (Å²) in [5.41, 5.74) is 1.69. The van der Waals surface area contributed by atoms with E-state index in [0.717, 1.165) is 62.2 Å². The van der Waals surface area contributed by atoms with Crippen molar-refractivity contribution in [1.82, 2.24) is 14.9 Å². The maximum atomic E-state index is 12.8. The van der Waals surface area contributed by atoms with Gasteiger partial charge in [-0.05, 0) is 44.7 Å². The van der Waals surface area contributed by atoms with Crippen LogP contribution in [0.2, 0.25) is 0 Å². The highest BCUT2D eigenvalue weighted by atomic mass is 16.5. The van der Waals surface area contributed by atoms with Gasteiger partial charge in [0, 0.05) is 26.2 Å². The summed E-state index contributed by atoms with van der Waals surface area (Å²) in [5, 5.41) is 0. The van der Waals surface area contributed by atoms with Gasteiger partial charge >= 0.3 is 0 Å². The first kappa shape index (κ1) is 17.1. The summed E-state index contributed by atoms with van der Waals surface area (Å²) in [7, 11) is 0. The second kappa shape index (κ2) is 7.48. The SMILES string of the molecule is CCOc1nc2ccccc2nc1N1CCC[C@H](C(=O)N2CCCC2)C1. The van der Waals surface area contributed by atoms with Gasteiger partial charge in [-0.2, -0.15) is 0 Å². The quantitative estimate of drug-likeness (QED) is 0.845. The molecule has 2 aromatic rings. The first-order chi connectivity index (χ1) is 12.8. The zero-order valence-corrected chi connectivity index (χ0v) is 15.4. The maximum Gasteiger partial charge on any atom is 0.258 e. The number of para-hydroxylation sites is 2. The van der Waals surface area contributed by atoms with E-state index in [0.29, 0.717) is 24.9 Å². The van der Waals surface area contributed by atoms with E-state index in [-0.39, 0.29) is 5.92 Å². The minimum Gasteiger partial charge on any atom is -0.475 e. The van der Waals surface area contributed by atoms with Crippen LogP contribution in [-0.2, 0) is 4.79 Å². The first-order valence-electron chi connectivity index (χ1n) is 9.69. The molecule has 2 aliphatic heterocycles. The molecule has 0 unspecified atom stereocenters. The molecular weight excluding hydrogens is 328 g/mol. The molecule has 2 aliphatic rings. The number of aromatic nitrogens is 2. The number of hydrogen-bond donors (Lipinski definition) is 0. The van der Waals surface area contributed by atoms with E-state index in [4.69, 9.17) is 9.72 Å². The fourth-order valence-electron chi connectivity index (χ4n) is 3.98. The third-order valence-corrected chi connectivity index (χ3v) is 5.29. The van der Waals surface area contributed by atoms with Crippen molar-refractivity contribution in [1.29, 1.82) is 0 Å². The number of hydrogen-bond acceptors (Lipinski definition) is 5. The number of benzene rings is 1. The molecule has 4 rings (SSSR count). The fourth-order valence-corrected chi connectivity index (χ4v) is 3.98. The van der Waals surface area contributed by atoms with E-state index < -0.39 is 0 Å². The number of piperidine rings is 1. The van der Waals surface area contributed by atoms with Crippen LogP contribution in [0, 0.1) is 5.92 Å². The van der Waals surface area contributed by atoms with E-state index >= 15 is 0 Å². The maximum absolute atomic E-state index is 12.8. The van der Waals surface area contributed by atoms with Crippen LogP contribution in [0.5, 0.6) is 5.88 Å². The number of carbonyl (C=O) groups excluding carboxylic acids is 1.